The molecule has 0 unspecified atom stereocenters. The topological polar surface area (TPSA) is 92.4 Å². The number of aromatic nitrogens is 3. The van der Waals surface area contributed by atoms with E-state index in [1.165, 1.54) is 10.4 Å². The molecule has 9 nitrogen and oxygen atoms in total. The van der Waals surface area contributed by atoms with E-state index >= 15 is 0 Å². The van der Waals surface area contributed by atoms with Crippen molar-refractivity contribution < 1.29 is 19.1 Å². The van der Waals surface area contributed by atoms with Gasteiger partial charge in [0.15, 0.2) is 5.65 Å². The highest BCUT2D eigenvalue weighted by molar-refractivity contribution is 6.99. The number of hydrogen-bond acceptors (Lipinski definition) is 7. The van der Waals surface area contributed by atoms with Gasteiger partial charge < -0.3 is 19.2 Å². The zero-order valence-corrected chi connectivity index (χ0v) is 28.9. The molecule has 1 atom stereocenters. The number of fused-ring (bicyclic) bond motifs is 1. The number of anilines is 1. The van der Waals surface area contributed by atoms with E-state index < -0.39 is 13.9 Å². The molecule has 2 fully saturated rings. The molecule has 46 heavy (non-hydrogen) atoms. The maximum absolute atomic E-state index is 13.1. The van der Waals surface area contributed by atoms with Crippen molar-refractivity contribution in [1.29, 1.82) is 0 Å². The maximum atomic E-state index is 13.1. The predicted molar refractivity (Wildman–Crippen MR) is 183 cm³/mol. The van der Waals surface area contributed by atoms with Crippen LogP contribution in [0.25, 0.3) is 5.65 Å². The van der Waals surface area contributed by atoms with E-state index in [4.69, 9.17) is 19.2 Å². The Balaban J connectivity index is 1.26. The number of benzene rings is 2. The first-order valence-corrected chi connectivity index (χ1v) is 18.3. The van der Waals surface area contributed by atoms with Gasteiger partial charge in [-0.25, -0.2) is 14.3 Å². The van der Waals surface area contributed by atoms with Crippen LogP contribution in [0, 0.1) is 0 Å². The van der Waals surface area contributed by atoms with Crippen LogP contribution in [0.15, 0.2) is 72.8 Å². The number of ether oxygens (including phenoxy) is 1. The van der Waals surface area contributed by atoms with Gasteiger partial charge in [-0.3, -0.25) is 4.90 Å². The molecule has 0 radical (unpaired) electrons. The van der Waals surface area contributed by atoms with E-state index in [1.54, 1.807) is 9.42 Å². The molecule has 2 aliphatic heterocycles. The monoisotopic (exact) mass is 641 g/mol. The second-order valence-electron chi connectivity index (χ2n) is 14.6. The zero-order valence-electron chi connectivity index (χ0n) is 27.9. The maximum Gasteiger partial charge on any atom is 0.410 e. The molecule has 0 aliphatic carbocycles. The van der Waals surface area contributed by atoms with Crippen LogP contribution in [-0.4, -0.2) is 70.4 Å². The number of hydrogen-bond donors (Lipinski definition) is 1. The Labute approximate surface area is 273 Å². The van der Waals surface area contributed by atoms with Crippen LogP contribution in [0.5, 0.6) is 0 Å². The van der Waals surface area contributed by atoms with Crippen LogP contribution in [0.2, 0.25) is 5.04 Å². The SMILES string of the molecule is CC(C)(C)OC(=O)N1CCCC[C@H]1c1cc2nc(N3CC(O[Si](c4ccccc4)(c4ccccc4)C(C)(C)C)C3)cc(CO)n2n1. The summed E-state index contributed by atoms with van der Waals surface area (Å²) < 4.78 is 14.7. The minimum Gasteiger partial charge on any atom is -0.444 e. The number of nitrogens with zero attached hydrogens (tertiary/aromatic N) is 5. The summed E-state index contributed by atoms with van der Waals surface area (Å²) in [7, 11) is -2.66. The second kappa shape index (κ2) is 12.5. The largest absolute Gasteiger partial charge is 0.444 e. The van der Waals surface area contributed by atoms with Crippen molar-refractivity contribution in [3.63, 3.8) is 0 Å². The molecule has 2 aromatic heterocycles. The smallest absolute Gasteiger partial charge is 0.410 e. The molecule has 2 saturated heterocycles. The Morgan fingerprint density at radius 2 is 1.57 bits per heavy atom. The fourth-order valence-electron chi connectivity index (χ4n) is 6.90. The lowest BCUT2D eigenvalue weighted by Crippen LogP contribution is -2.71. The van der Waals surface area contributed by atoms with Gasteiger partial charge in [-0.15, -0.1) is 0 Å². The molecule has 0 saturated carbocycles. The number of piperidine rings is 1. The summed E-state index contributed by atoms with van der Waals surface area (Å²) in [5.74, 6) is 0.790. The van der Waals surface area contributed by atoms with Crippen molar-refractivity contribution in [2.24, 2.45) is 0 Å². The molecule has 0 bridgehead atoms. The van der Waals surface area contributed by atoms with E-state index in [0.717, 1.165) is 30.8 Å². The Kier molecular flexibility index (Phi) is 8.73. The van der Waals surface area contributed by atoms with Crippen LogP contribution < -0.4 is 15.3 Å². The number of carbonyl (C=O) groups is 1. The average molecular weight is 642 g/mol. The first-order chi connectivity index (χ1) is 21.9. The zero-order chi connectivity index (χ0) is 32.7. The van der Waals surface area contributed by atoms with Gasteiger partial charge in [0.05, 0.1) is 30.1 Å². The minimum atomic E-state index is -2.66. The van der Waals surface area contributed by atoms with Gasteiger partial charge in [-0.05, 0) is 55.4 Å². The summed E-state index contributed by atoms with van der Waals surface area (Å²) in [5.41, 5.74) is 1.50. The first kappa shape index (κ1) is 32.2. The summed E-state index contributed by atoms with van der Waals surface area (Å²) in [5, 5.41) is 17.6. The van der Waals surface area contributed by atoms with Crippen molar-refractivity contribution in [2.75, 3.05) is 24.5 Å². The van der Waals surface area contributed by atoms with Crippen molar-refractivity contribution in [3.8, 4) is 0 Å². The number of likely N-dealkylation sites (tertiary alicyclic amines) is 1. The van der Waals surface area contributed by atoms with Gasteiger partial charge in [-0.1, -0.05) is 81.4 Å². The van der Waals surface area contributed by atoms with E-state index in [2.05, 4.69) is 86.3 Å². The summed E-state index contributed by atoms with van der Waals surface area (Å²) >= 11 is 0. The molecule has 2 aliphatic rings. The summed E-state index contributed by atoms with van der Waals surface area (Å²) in [6.07, 6.45) is 2.45. The third kappa shape index (κ3) is 6.18. The molecular formula is C36H47N5O4Si. The molecule has 6 rings (SSSR count). The molecule has 10 heteroatoms. The van der Waals surface area contributed by atoms with Crippen LogP contribution in [-0.2, 0) is 15.8 Å². The fourth-order valence-corrected chi connectivity index (χ4v) is 11.6. The molecule has 1 amide bonds. The molecule has 4 aromatic rings. The Morgan fingerprint density at radius 3 is 2.13 bits per heavy atom. The molecular weight excluding hydrogens is 595 g/mol. The molecule has 1 N–H and O–H groups in total. The third-order valence-electron chi connectivity index (χ3n) is 9.07. The van der Waals surface area contributed by atoms with Gasteiger partial charge in [0, 0.05) is 31.8 Å². The summed E-state index contributed by atoms with van der Waals surface area (Å²) in [6, 6.07) is 25.1. The Morgan fingerprint density at radius 1 is 0.935 bits per heavy atom. The number of carbonyl (C=O) groups excluding carboxylic acids is 1. The number of rotatable bonds is 7. The molecule has 244 valence electrons. The van der Waals surface area contributed by atoms with E-state index in [0.29, 0.717) is 31.0 Å². The lowest BCUT2D eigenvalue weighted by atomic mass is 10.00. The highest BCUT2D eigenvalue weighted by atomic mass is 28.4. The van der Waals surface area contributed by atoms with Crippen molar-refractivity contribution in [2.45, 2.75) is 90.2 Å². The number of aliphatic hydroxyl groups excluding tert-OH is 1. The Hall–Kier alpha value is -3.73. The van der Waals surface area contributed by atoms with Crippen LogP contribution in [0.1, 0.15) is 78.2 Å². The summed E-state index contributed by atoms with van der Waals surface area (Å²) in [6.45, 7) is 14.4. The molecule has 4 heterocycles. The van der Waals surface area contributed by atoms with Gasteiger partial charge in [0.1, 0.15) is 11.4 Å². The van der Waals surface area contributed by atoms with Crippen LogP contribution in [0.4, 0.5) is 10.6 Å². The lowest BCUT2D eigenvalue weighted by molar-refractivity contribution is 0.00896. The van der Waals surface area contributed by atoms with E-state index in [-0.39, 0.29) is 29.9 Å². The Bertz CT molecular complexity index is 1620. The van der Waals surface area contributed by atoms with Crippen LogP contribution in [0.3, 0.4) is 0 Å². The highest BCUT2D eigenvalue weighted by Crippen LogP contribution is 2.39. The number of aliphatic hydroxyl groups is 1. The number of amides is 1. The van der Waals surface area contributed by atoms with Gasteiger partial charge in [-0.2, -0.15) is 5.10 Å². The first-order valence-electron chi connectivity index (χ1n) is 16.4. The fraction of sp³-hybridized carbons (Fsp3) is 0.472. The van der Waals surface area contributed by atoms with Gasteiger partial charge in [0.2, 0.25) is 0 Å². The normalized spacial score (nSPS) is 18.1. The van der Waals surface area contributed by atoms with E-state index in [1.807, 2.05) is 32.9 Å². The highest BCUT2D eigenvalue weighted by Gasteiger charge is 2.52. The standard InChI is InChI=1S/C36H47N5O4Si/c1-35(2,3)44-34(43)40-20-14-13-19-31(40)30-22-33-37-32(21-26(25-42)41(33)38-30)39-23-27(24-39)45-46(36(4,5)6,28-15-9-7-10-16-28)29-17-11-8-12-18-29/h7-12,15-18,21-22,27,31,42H,13-14,19-20,23-25H2,1-6H3/t31-/m0/s1. The molecule has 0 spiro atoms. The predicted octanol–water partition coefficient (Wildman–Crippen LogP) is 5.45. The average Bonchev–Trinajstić information content (AvgIpc) is 3.44. The third-order valence-corrected chi connectivity index (χ3v) is 14.2. The van der Waals surface area contributed by atoms with Crippen molar-refractivity contribution >= 4 is 36.2 Å². The molecule has 2 aromatic carbocycles. The quantitative estimate of drug-likeness (QED) is 0.269. The van der Waals surface area contributed by atoms with Crippen molar-refractivity contribution in [3.05, 3.63) is 84.2 Å². The van der Waals surface area contributed by atoms with Gasteiger partial charge >= 0.3 is 6.09 Å². The van der Waals surface area contributed by atoms with Gasteiger partial charge in [0.25, 0.3) is 8.32 Å². The summed E-state index contributed by atoms with van der Waals surface area (Å²) in [4.78, 5) is 22.1. The van der Waals surface area contributed by atoms with Crippen LogP contribution >= 0.6 is 0 Å². The minimum absolute atomic E-state index is 0.0343. The second-order valence-corrected chi connectivity index (χ2v) is 18.8. The van der Waals surface area contributed by atoms with E-state index in [9.17, 15) is 9.90 Å². The lowest BCUT2D eigenvalue weighted by Gasteiger charge is -2.50. The van der Waals surface area contributed by atoms with Crippen molar-refractivity contribution in [1.82, 2.24) is 19.5 Å².